The van der Waals surface area contributed by atoms with Gasteiger partial charge in [-0.15, -0.1) is 0 Å². The highest BCUT2D eigenvalue weighted by Crippen LogP contribution is 2.30. The monoisotopic (exact) mass is 823 g/mol. The number of aliphatic hydroxyl groups is 1. The number of likely N-dealkylation sites (tertiary alicyclic amines) is 1. The molecule has 13 nitrogen and oxygen atoms in total. The third-order valence-electron chi connectivity index (χ3n) is 12.2. The van der Waals surface area contributed by atoms with Gasteiger partial charge in [-0.1, -0.05) is 97.4 Å². The summed E-state index contributed by atoms with van der Waals surface area (Å²) in [5.41, 5.74) is 8.37. The number of aliphatic hydroxyl groups excluding tert-OH is 1. The summed E-state index contributed by atoms with van der Waals surface area (Å²) >= 11 is 0. The molecule has 0 unspecified atom stereocenters. The van der Waals surface area contributed by atoms with Gasteiger partial charge in [-0.2, -0.15) is 0 Å². The van der Waals surface area contributed by atoms with Crippen molar-refractivity contribution in [3.05, 3.63) is 65.7 Å². The van der Waals surface area contributed by atoms with Crippen LogP contribution < -0.4 is 16.4 Å². The number of nitrogen functional groups attached to an aromatic ring is 1. The molecule has 1 aliphatic heterocycles. The Morgan fingerprint density at radius 1 is 0.898 bits per heavy atom. The predicted molar refractivity (Wildman–Crippen MR) is 233 cm³/mol. The maximum Gasteiger partial charge on any atom is 0.245 e. The van der Waals surface area contributed by atoms with Gasteiger partial charge in [0.15, 0.2) is 0 Å². The summed E-state index contributed by atoms with van der Waals surface area (Å²) in [5, 5.41) is 16.9. The Morgan fingerprint density at radius 2 is 1.56 bits per heavy atom. The Balaban J connectivity index is 1.77. The molecule has 13 heteroatoms. The normalized spacial score (nSPS) is 19.1. The number of anilines is 1. The fraction of sp³-hybridized carbons (Fsp3) is 0.652. The highest BCUT2D eigenvalue weighted by molar-refractivity contribution is 5.90. The minimum absolute atomic E-state index is 0.0138. The molecule has 5 N–H and O–H groups in total. The lowest BCUT2D eigenvalue weighted by atomic mass is 9.89. The van der Waals surface area contributed by atoms with Crippen molar-refractivity contribution in [2.24, 2.45) is 23.7 Å². The summed E-state index contributed by atoms with van der Waals surface area (Å²) < 4.78 is 12.0. The number of hydrogen-bond acceptors (Lipinski definition) is 9. The van der Waals surface area contributed by atoms with Crippen molar-refractivity contribution in [1.82, 2.24) is 25.3 Å². The summed E-state index contributed by atoms with van der Waals surface area (Å²) in [6.45, 7) is 16.5. The van der Waals surface area contributed by atoms with Gasteiger partial charge in [0, 0.05) is 40.0 Å². The van der Waals surface area contributed by atoms with E-state index in [-0.39, 0.29) is 53.8 Å². The van der Waals surface area contributed by atoms with Gasteiger partial charge in [0.2, 0.25) is 23.6 Å². The van der Waals surface area contributed by atoms with Crippen LogP contribution in [0.4, 0.5) is 5.69 Å². The molecule has 2 aromatic rings. The van der Waals surface area contributed by atoms with E-state index in [1.54, 1.807) is 44.9 Å². The van der Waals surface area contributed by atoms with Crippen LogP contribution in [-0.2, 0) is 35.2 Å². The third-order valence-corrected chi connectivity index (χ3v) is 12.2. The second-order valence-corrected chi connectivity index (χ2v) is 17.3. The molecule has 1 fully saturated rings. The number of likely N-dealkylation sites (N-methyl/N-ethyl adjacent to an activating group) is 2. The first-order valence-electron chi connectivity index (χ1n) is 21.4. The number of hydrogen-bond donors (Lipinski definition) is 4. The number of ether oxygens (including phenoxy) is 2. The van der Waals surface area contributed by atoms with E-state index in [4.69, 9.17) is 15.2 Å². The first kappa shape index (κ1) is 49.3. The molecule has 3 rings (SSSR count). The van der Waals surface area contributed by atoms with Crippen molar-refractivity contribution in [3.63, 3.8) is 0 Å². The Labute approximate surface area is 353 Å². The van der Waals surface area contributed by atoms with Crippen LogP contribution in [0, 0.1) is 23.7 Å². The Morgan fingerprint density at radius 3 is 2.12 bits per heavy atom. The highest BCUT2D eigenvalue weighted by Gasteiger charge is 2.43. The number of methoxy groups -OCH3 is 2. The molecule has 0 radical (unpaired) electrons. The van der Waals surface area contributed by atoms with Gasteiger partial charge in [0.1, 0.15) is 6.04 Å². The Bertz CT molecular complexity index is 1640. The van der Waals surface area contributed by atoms with E-state index in [2.05, 4.69) is 10.6 Å². The molecule has 4 amide bonds. The largest absolute Gasteiger partial charge is 0.399 e. The van der Waals surface area contributed by atoms with Crippen molar-refractivity contribution in [2.45, 2.75) is 136 Å². The minimum Gasteiger partial charge on any atom is -0.399 e. The SMILES string of the molecule is CC[C@H](C)[C@@H]([C@H](CC(=O)N1CCC[C@H]1[C@H](OC)[C@@H](C)C(=O)N[C@H](C)[C@H](O)c1ccccc1)OC)N(C)C(=O)[C@@H](NC(=O)[C@H](C(C)C)N(C)Cc1cccc(N)c1)C(C)C. The van der Waals surface area contributed by atoms with E-state index >= 15 is 0 Å². The molecule has 0 aromatic heterocycles. The average Bonchev–Trinajstić information content (AvgIpc) is 3.68. The van der Waals surface area contributed by atoms with E-state index in [1.807, 2.05) is 108 Å². The van der Waals surface area contributed by atoms with Gasteiger partial charge in [-0.05, 0) is 67.8 Å². The topological polar surface area (TPSA) is 167 Å². The average molecular weight is 823 g/mol. The summed E-state index contributed by atoms with van der Waals surface area (Å²) in [6, 6.07) is 14.1. The van der Waals surface area contributed by atoms with E-state index in [1.165, 1.54) is 0 Å². The smallest absolute Gasteiger partial charge is 0.245 e. The number of carbonyl (C=O) groups is 4. The molecule has 0 bridgehead atoms. The molecule has 1 saturated heterocycles. The van der Waals surface area contributed by atoms with Gasteiger partial charge in [-0.25, -0.2) is 0 Å². The first-order valence-corrected chi connectivity index (χ1v) is 21.4. The molecule has 330 valence electrons. The van der Waals surface area contributed by atoms with Gasteiger partial charge >= 0.3 is 0 Å². The van der Waals surface area contributed by atoms with Crippen LogP contribution in [0.15, 0.2) is 54.6 Å². The summed E-state index contributed by atoms with van der Waals surface area (Å²) in [4.78, 5) is 61.8. The summed E-state index contributed by atoms with van der Waals surface area (Å²) in [7, 11) is 6.76. The number of rotatable bonds is 22. The first-order chi connectivity index (χ1) is 27.9. The maximum atomic E-state index is 14.5. The maximum absolute atomic E-state index is 14.5. The summed E-state index contributed by atoms with van der Waals surface area (Å²) in [6.07, 6.45) is 0.0286. The molecule has 2 aromatic carbocycles. The van der Waals surface area contributed by atoms with Crippen molar-refractivity contribution in [1.29, 1.82) is 0 Å². The zero-order valence-electron chi connectivity index (χ0n) is 37.7. The zero-order chi connectivity index (χ0) is 44.1. The third kappa shape index (κ3) is 13.0. The van der Waals surface area contributed by atoms with E-state index in [0.29, 0.717) is 30.8 Å². The molecule has 1 aliphatic rings. The van der Waals surface area contributed by atoms with Crippen molar-refractivity contribution >= 4 is 29.3 Å². The van der Waals surface area contributed by atoms with Crippen molar-refractivity contribution in [3.8, 4) is 0 Å². The molecule has 10 atom stereocenters. The predicted octanol–water partition coefficient (Wildman–Crippen LogP) is 5.02. The van der Waals surface area contributed by atoms with Crippen LogP contribution in [0.1, 0.15) is 98.3 Å². The van der Waals surface area contributed by atoms with Crippen molar-refractivity contribution in [2.75, 3.05) is 40.6 Å². The molecule has 0 aliphatic carbocycles. The lowest BCUT2D eigenvalue weighted by Crippen LogP contribution is -2.60. The lowest BCUT2D eigenvalue weighted by molar-refractivity contribution is -0.148. The number of nitrogens with one attached hydrogen (secondary N) is 2. The molecular weight excluding hydrogens is 749 g/mol. The molecule has 1 heterocycles. The number of nitrogens with two attached hydrogens (primary N) is 1. The number of carbonyl (C=O) groups excluding carboxylic acids is 4. The van der Waals surface area contributed by atoms with E-state index in [9.17, 15) is 24.3 Å². The zero-order valence-corrected chi connectivity index (χ0v) is 37.7. The van der Waals surface area contributed by atoms with Crippen LogP contribution >= 0.6 is 0 Å². The van der Waals surface area contributed by atoms with Crippen LogP contribution in [0.5, 0.6) is 0 Å². The van der Waals surface area contributed by atoms with E-state index in [0.717, 1.165) is 18.4 Å². The second kappa shape index (κ2) is 23.1. The van der Waals surface area contributed by atoms with Gasteiger partial charge in [-0.3, -0.25) is 24.1 Å². The summed E-state index contributed by atoms with van der Waals surface area (Å²) in [5.74, 6) is -1.83. The number of nitrogens with zero attached hydrogens (tertiary/aromatic N) is 3. The fourth-order valence-electron chi connectivity index (χ4n) is 8.74. The lowest BCUT2D eigenvalue weighted by Gasteiger charge is -2.41. The van der Waals surface area contributed by atoms with Gasteiger partial charge in [0.05, 0.1) is 54.8 Å². The van der Waals surface area contributed by atoms with Crippen LogP contribution in [0.3, 0.4) is 0 Å². The number of benzene rings is 2. The Kier molecular flexibility index (Phi) is 19.3. The second-order valence-electron chi connectivity index (χ2n) is 17.3. The minimum atomic E-state index is -0.885. The quantitative estimate of drug-likeness (QED) is 0.119. The molecule has 0 spiro atoms. The van der Waals surface area contributed by atoms with Gasteiger partial charge < -0.3 is 40.7 Å². The standard InChI is InChI=1S/C46H74N6O7/c1-13-30(6)41(51(10)46(57)39(28(2)3)49-45(56)40(29(4)5)50(9)27-33-19-17-22-35(47)25-33)37(58-11)26-38(53)52-24-18-23-36(52)43(59-12)31(7)44(55)48-32(8)42(54)34-20-15-14-16-21-34/h14-17,19-22,25,28-32,36-37,39-43,54H,13,18,23-24,26-27,47H2,1-12H3,(H,48,55)(H,49,56)/t30-,31+,32+,36-,37-,39-,40-,41-,42-,43+/m0/s1. The van der Waals surface area contributed by atoms with E-state index < -0.39 is 48.4 Å². The van der Waals surface area contributed by atoms with Crippen LogP contribution in [-0.4, -0.2) is 121 Å². The molecule has 59 heavy (non-hydrogen) atoms. The van der Waals surface area contributed by atoms with Crippen molar-refractivity contribution < 1.29 is 33.8 Å². The molecule has 0 saturated carbocycles. The highest BCUT2D eigenvalue weighted by atomic mass is 16.5. The molecular formula is C46H74N6O7. The van der Waals surface area contributed by atoms with Crippen LogP contribution in [0.25, 0.3) is 0 Å². The Hall–Kier alpha value is -4.04. The van der Waals surface area contributed by atoms with Crippen LogP contribution in [0.2, 0.25) is 0 Å². The van der Waals surface area contributed by atoms with Gasteiger partial charge in [0.25, 0.3) is 0 Å². The fourth-order valence-corrected chi connectivity index (χ4v) is 8.74. The number of amides is 4.